The van der Waals surface area contributed by atoms with Gasteiger partial charge in [0.05, 0.1) is 0 Å². The van der Waals surface area contributed by atoms with Crippen LogP contribution in [0, 0.1) is 6.92 Å². The number of nitrogens with zero attached hydrogens (tertiary/aromatic N) is 3. The number of carbonyl (C=O) groups excluding carboxylic acids is 1. The number of H-pyrrole nitrogens is 1. The van der Waals surface area contributed by atoms with Gasteiger partial charge in [-0.15, -0.1) is 0 Å². The molecule has 8 nitrogen and oxygen atoms in total. The van der Waals surface area contributed by atoms with Crippen molar-refractivity contribution in [2.24, 2.45) is 0 Å². The van der Waals surface area contributed by atoms with Gasteiger partial charge in [-0.05, 0) is 43.4 Å². The van der Waals surface area contributed by atoms with Gasteiger partial charge in [0, 0.05) is 26.1 Å². The van der Waals surface area contributed by atoms with E-state index in [1.807, 2.05) is 32.0 Å². The van der Waals surface area contributed by atoms with Crippen molar-refractivity contribution in [3.05, 3.63) is 61.5 Å². The van der Waals surface area contributed by atoms with Crippen LogP contribution >= 0.6 is 11.6 Å². The van der Waals surface area contributed by atoms with Crippen LogP contribution in [0.15, 0.2) is 33.9 Å². The smallest absolute Gasteiger partial charge is 0.332 e. The molecule has 0 aliphatic heterocycles. The summed E-state index contributed by atoms with van der Waals surface area (Å²) in [6.45, 7) is 5.21. The molecule has 0 saturated carbocycles. The molecule has 9 heteroatoms. The highest BCUT2D eigenvalue weighted by molar-refractivity contribution is 6.28. The molecule has 31 heavy (non-hydrogen) atoms. The van der Waals surface area contributed by atoms with E-state index in [0.29, 0.717) is 19.5 Å². The maximum absolute atomic E-state index is 12.9. The van der Waals surface area contributed by atoms with Gasteiger partial charge in [-0.1, -0.05) is 43.2 Å². The number of aromatic amines is 1. The van der Waals surface area contributed by atoms with Crippen LogP contribution in [0.3, 0.4) is 0 Å². The number of hydrogen-bond donors (Lipinski definition) is 2. The molecule has 0 bridgehead atoms. The van der Waals surface area contributed by atoms with Crippen LogP contribution in [-0.4, -0.2) is 31.6 Å². The number of amides is 1. The average molecular weight is 446 g/mol. The molecule has 0 aliphatic carbocycles. The molecule has 2 heterocycles. The minimum absolute atomic E-state index is 0.0717. The number of imidazole rings is 1. The van der Waals surface area contributed by atoms with E-state index >= 15 is 0 Å². The Labute approximate surface area is 185 Å². The number of rotatable bonds is 10. The summed E-state index contributed by atoms with van der Waals surface area (Å²) < 4.78 is 2.64. The summed E-state index contributed by atoms with van der Waals surface area (Å²) >= 11 is 5.93. The highest BCUT2D eigenvalue weighted by Crippen LogP contribution is 2.10. The van der Waals surface area contributed by atoms with Crippen molar-refractivity contribution >= 4 is 28.7 Å². The van der Waals surface area contributed by atoms with Crippen molar-refractivity contribution in [3.8, 4) is 0 Å². The number of carbonyl (C=O) groups is 1. The summed E-state index contributed by atoms with van der Waals surface area (Å²) in [7, 11) is 0. The first-order valence-corrected chi connectivity index (χ1v) is 11.0. The Hall–Kier alpha value is -2.87. The van der Waals surface area contributed by atoms with Crippen molar-refractivity contribution in [1.29, 1.82) is 0 Å². The molecule has 0 radical (unpaired) electrons. The zero-order chi connectivity index (χ0) is 22.4. The summed E-state index contributed by atoms with van der Waals surface area (Å²) in [5, 5.41) is 2.97. The van der Waals surface area contributed by atoms with Gasteiger partial charge in [0.1, 0.15) is 0 Å². The Morgan fingerprint density at radius 3 is 2.71 bits per heavy atom. The average Bonchev–Trinajstić information content (AvgIpc) is 3.12. The normalized spacial score (nSPS) is 11.2. The summed E-state index contributed by atoms with van der Waals surface area (Å²) in [6, 6.07) is 8.17. The number of halogens is 1. The number of fused-ring (bicyclic) bond motifs is 1. The molecule has 1 aromatic carbocycles. The maximum atomic E-state index is 12.9. The predicted molar refractivity (Wildman–Crippen MR) is 122 cm³/mol. The topological polar surface area (TPSA) is 102 Å². The largest absolute Gasteiger partial charge is 0.356 e. The van der Waals surface area contributed by atoms with Crippen molar-refractivity contribution in [2.45, 2.75) is 59.0 Å². The molecule has 3 rings (SSSR count). The molecule has 0 unspecified atom stereocenters. The molecular formula is C22H28ClN5O3. The van der Waals surface area contributed by atoms with Crippen LogP contribution in [-0.2, 0) is 24.3 Å². The lowest BCUT2D eigenvalue weighted by molar-refractivity contribution is -0.121. The molecule has 0 aliphatic rings. The zero-order valence-electron chi connectivity index (χ0n) is 17.9. The predicted octanol–water partition coefficient (Wildman–Crippen LogP) is 2.79. The van der Waals surface area contributed by atoms with E-state index in [9.17, 15) is 14.4 Å². The molecule has 2 aromatic heterocycles. The first-order chi connectivity index (χ1) is 14.9. The van der Waals surface area contributed by atoms with Gasteiger partial charge in [0.25, 0.3) is 5.56 Å². The third-order valence-electron chi connectivity index (χ3n) is 5.17. The molecular weight excluding hydrogens is 418 g/mol. The fourth-order valence-electron chi connectivity index (χ4n) is 3.55. The van der Waals surface area contributed by atoms with Crippen LogP contribution in [0.25, 0.3) is 11.2 Å². The Morgan fingerprint density at radius 2 is 1.97 bits per heavy atom. The van der Waals surface area contributed by atoms with Crippen molar-refractivity contribution < 1.29 is 4.79 Å². The summed E-state index contributed by atoms with van der Waals surface area (Å²) in [6.07, 6.45) is 3.05. The fourth-order valence-corrected chi connectivity index (χ4v) is 3.73. The van der Waals surface area contributed by atoms with Gasteiger partial charge in [-0.2, -0.15) is 4.98 Å². The Bertz CT molecular complexity index is 1180. The number of aromatic nitrogens is 4. The van der Waals surface area contributed by atoms with E-state index in [1.54, 1.807) is 0 Å². The zero-order valence-corrected chi connectivity index (χ0v) is 18.7. The van der Waals surface area contributed by atoms with Gasteiger partial charge in [-0.25, -0.2) is 4.79 Å². The summed E-state index contributed by atoms with van der Waals surface area (Å²) in [5.41, 5.74) is 1.96. The second kappa shape index (κ2) is 10.4. The van der Waals surface area contributed by atoms with Crippen molar-refractivity contribution in [2.75, 3.05) is 6.54 Å². The standard InChI is InChI=1S/C22H28ClN5O3/c1-3-4-12-27-19-18(25-21(23)26-19)20(30)28(22(27)31)13-6-9-17(29)24-11-10-16-8-5-7-15(2)14-16/h5,7-8,14H,3-4,6,9-13H2,1-2H3,(H,24,29)(H,25,26). The number of aryl methyl sites for hydroxylation is 2. The molecule has 2 N–H and O–H groups in total. The second-order valence-corrected chi connectivity index (χ2v) is 8.02. The Kier molecular flexibility index (Phi) is 7.68. The van der Waals surface area contributed by atoms with E-state index in [-0.39, 0.29) is 35.3 Å². The van der Waals surface area contributed by atoms with Crippen LogP contribution < -0.4 is 16.6 Å². The molecule has 0 atom stereocenters. The van der Waals surface area contributed by atoms with Crippen molar-refractivity contribution in [1.82, 2.24) is 24.4 Å². The third kappa shape index (κ3) is 5.64. The van der Waals surface area contributed by atoms with E-state index in [2.05, 4.69) is 21.4 Å². The highest BCUT2D eigenvalue weighted by Gasteiger charge is 2.16. The summed E-state index contributed by atoms with van der Waals surface area (Å²) in [5.74, 6) is -0.0994. The lowest BCUT2D eigenvalue weighted by Gasteiger charge is -2.11. The Balaban J connectivity index is 1.62. The van der Waals surface area contributed by atoms with Gasteiger partial charge in [0.2, 0.25) is 11.2 Å². The Morgan fingerprint density at radius 1 is 1.19 bits per heavy atom. The van der Waals surface area contributed by atoms with Crippen molar-refractivity contribution in [3.63, 3.8) is 0 Å². The van der Waals surface area contributed by atoms with Crippen LogP contribution in [0.4, 0.5) is 0 Å². The minimum Gasteiger partial charge on any atom is -0.356 e. The van der Waals surface area contributed by atoms with Crippen LogP contribution in [0.2, 0.25) is 5.28 Å². The van der Waals surface area contributed by atoms with Crippen LogP contribution in [0.5, 0.6) is 0 Å². The quantitative estimate of drug-likeness (QED) is 0.468. The molecule has 0 spiro atoms. The lowest BCUT2D eigenvalue weighted by atomic mass is 10.1. The SMILES string of the molecule is CCCCn1c(=O)n(CCCC(=O)NCCc2cccc(C)c2)c(=O)c2[nH]c(Cl)nc21. The lowest BCUT2D eigenvalue weighted by Crippen LogP contribution is -2.40. The van der Waals surface area contributed by atoms with Gasteiger partial charge >= 0.3 is 5.69 Å². The van der Waals surface area contributed by atoms with Crippen LogP contribution in [0.1, 0.15) is 43.7 Å². The number of hydrogen-bond acceptors (Lipinski definition) is 4. The first-order valence-electron chi connectivity index (χ1n) is 10.6. The van der Waals surface area contributed by atoms with E-state index in [1.165, 1.54) is 15.7 Å². The minimum atomic E-state index is -0.466. The van der Waals surface area contributed by atoms with Gasteiger partial charge in [-0.3, -0.25) is 18.7 Å². The number of unbranched alkanes of at least 4 members (excludes halogenated alkanes) is 1. The van der Waals surface area contributed by atoms with Gasteiger partial charge in [0.15, 0.2) is 11.2 Å². The summed E-state index contributed by atoms with van der Waals surface area (Å²) in [4.78, 5) is 44.6. The molecule has 3 aromatic rings. The van der Waals surface area contributed by atoms with E-state index < -0.39 is 11.2 Å². The first kappa shape index (κ1) is 22.8. The highest BCUT2D eigenvalue weighted by atomic mass is 35.5. The van der Waals surface area contributed by atoms with E-state index in [4.69, 9.17) is 11.6 Å². The maximum Gasteiger partial charge on any atom is 0.332 e. The van der Waals surface area contributed by atoms with Gasteiger partial charge < -0.3 is 10.3 Å². The number of nitrogens with one attached hydrogen (secondary N) is 2. The molecule has 166 valence electrons. The number of benzene rings is 1. The molecule has 1 amide bonds. The second-order valence-electron chi connectivity index (χ2n) is 7.66. The third-order valence-corrected chi connectivity index (χ3v) is 5.35. The van der Waals surface area contributed by atoms with E-state index in [0.717, 1.165) is 23.8 Å². The molecule has 0 saturated heterocycles. The fraction of sp³-hybridized carbons (Fsp3) is 0.455. The monoisotopic (exact) mass is 445 g/mol. The molecule has 0 fully saturated rings.